The first kappa shape index (κ1) is 20.4. The van der Waals surface area contributed by atoms with Crippen LogP contribution in [0.3, 0.4) is 0 Å². The highest BCUT2D eigenvalue weighted by molar-refractivity contribution is 5.85. The first-order valence-corrected chi connectivity index (χ1v) is 9.55. The Balaban J connectivity index is 0.00000225. The minimum atomic E-state index is -0.149. The Kier molecular flexibility index (Phi) is 6.36. The maximum Gasteiger partial charge on any atom is 0.351 e. The van der Waals surface area contributed by atoms with Crippen molar-refractivity contribution in [3.8, 4) is 5.69 Å². The number of aromatic nitrogens is 4. The Morgan fingerprint density at radius 2 is 2.07 bits per heavy atom. The first-order valence-electron chi connectivity index (χ1n) is 9.55. The largest absolute Gasteiger partial charge is 0.359 e. The van der Waals surface area contributed by atoms with Crippen LogP contribution < -0.4 is 11.0 Å². The molecule has 0 spiro atoms. The average molecular weight is 404 g/mol. The number of hydrogen-bond acceptors (Lipinski definition) is 5. The van der Waals surface area contributed by atoms with Gasteiger partial charge in [-0.2, -0.15) is 5.10 Å². The topological polar surface area (TPSA) is 77.9 Å². The maximum atomic E-state index is 13.2. The number of hydrogen-bond donors (Lipinski definition) is 1. The average Bonchev–Trinajstić information content (AvgIpc) is 3.29. The second-order valence-corrected chi connectivity index (χ2v) is 7.39. The van der Waals surface area contributed by atoms with Crippen LogP contribution >= 0.6 is 12.4 Å². The molecule has 4 rings (SSSR count). The third-order valence-corrected chi connectivity index (χ3v) is 5.02. The molecule has 7 nitrogen and oxygen atoms in total. The molecule has 1 atom stereocenters. The third kappa shape index (κ3) is 4.05. The Hall–Kier alpha value is -2.38. The van der Waals surface area contributed by atoms with E-state index in [9.17, 15) is 4.79 Å². The summed E-state index contributed by atoms with van der Waals surface area (Å²) in [5, 5.41) is 12.2. The molecule has 0 radical (unpaired) electrons. The molecule has 0 saturated carbocycles. The van der Waals surface area contributed by atoms with E-state index in [1.54, 1.807) is 4.57 Å². The summed E-state index contributed by atoms with van der Waals surface area (Å²) in [4.78, 5) is 13.2. The molecule has 1 aromatic carbocycles. The maximum absolute atomic E-state index is 13.2. The van der Waals surface area contributed by atoms with Crippen molar-refractivity contribution < 1.29 is 4.52 Å². The second-order valence-electron chi connectivity index (χ2n) is 7.39. The molecule has 3 heterocycles. The highest BCUT2D eigenvalue weighted by Crippen LogP contribution is 2.23. The lowest BCUT2D eigenvalue weighted by atomic mass is 9.99. The summed E-state index contributed by atoms with van der Waals surface area (Å²) >= 11 is 0. The van der Waals surface area contributed by atoms with E-state index in [0.717, 1.165) is 43.1 Å². The predicted octanol–water partition coefficient (Wildman–Crippen LogP) is 3.08. The molecular formula is C20H26ClN5O2. The monoisotopic (exact) mass is 403 g/mol. The van der Waals surface area contributed by atoms with Crippen molar-refractivity contribution in [2.75, 3.05) is 13.1 Å². The van der Waals surface area contributed by atoms with E-state index in [4.69, 9.17) is 9.62 Å². The third-order valence-electron chi connectivity index (χ3n) is 5.02. The summed E-state index contributed by atoms with van der Waals surface area (Å²) in [6, 6.07) is 11.6. The van der Waals surface area contributed by atoms with Crippen molar-refractivity contribution in [3.05, 3.63) is 64.2 Å². The number of halogens is 1. The summed E-state index contributed by atoms with van der Waals surface area (Å²) in [5.41, 5.74) is 1.58. The van der Waals surface area contributed by atoms with Crippen molar-refractivity contribution >= 4 is 12.4 Å². The van der Waals surface area contributed by atoms with Crippen LogP contribution in [0.4, 0.5) is 0 Å². The van der Waals surface area contributed by atoms with Gasteiger partial charge in [-0.3, -0.25) is 0 Å². The van der Waals surface area contributed by atoms with Gasteiger partial charge in [-0.1, -0.05) is 37.2 Å². The number of nitrogens with zero attached hydrogens (tertiary/aromatic N) is 4. The van der Waals surface area contributed by atoms with E-state index >= 15 is 0 Å². The fourth-order valence-corrected chi connectivity index (χ4v) is 3.51. The molecule has 8 heteroatoms. The van der Waals surface area contributed by atoms with E-state index in [1.165, 1.54) is 4.68 Å². The molecule has 0 amide bonds. The summed E-state index contributed by atoms with van der Waals surface area (Å²) < 4.78 is 8.64. The van der Waals surface area contributed by atoms with Gasteiger partial charge in [-0.25, -0.2) is 14.0 Å². The number of benzene rings is 1. The van der Waals surface area contributed by atoms with Gasteiger partial charge in [-0.15, -0.1) is 12.4 Å². The van der Waals surface area contributed by atoms with E-state index in [0.29, 0.717) is 5.76 Å². The van der Waals surface area contributed by atoms with Crippen molar-refractivity contribution in [1.29, 1.82) is 0 Å². The molecule has 3 aromatic rings. The molecular weight excluding hydrogens is 378 g/mol. The van der Waals surface area contributed by atoms with Crippen LogP contribution in [0.1, 0.15) is 55.8 Å². The number of para-hydroxylation sites is 1. The van der Waals surface area contributed by atoms with Crippen LogP contribution in [-0.4, -0.2) is 32.6 Å². The molecule has 1 aliphatic rings. The SMILES string of the molecule is CC(C)c1cc(Cn2nc(C3CCCNC3)n(-c3ccccc3)c2=O)on1.Cl. The lowest BCUT2D eigenvalue weighted by Crippen LogP contribution is -2.31. The van der Waals surface area contributed by atoms with Crippen LogP contribution in [0.2, 0.25) is 0 Å². The quantitative estimate of drug-likeness (QED) is 0.708. The van der Waals surface area contributed by atoms with Crippen LogP contribution in [0, 0.1) is 0 Å². The normalized spacial score (nSPS) is 16.9. The Morgan fingerprint density at radius 3 is 2.71 bits per heavy atom. The van der Waals surface area contributed by atoms with Gasteiger partial charge in [0.1, 0.15) is 12.4 Å². The van der Waals surface area contributed by atoms with E-state index < -0.39 is 0 Å². The zero-order chi connectivity index (χ0) is 18.8. The molecule has 1 unspecified atom stereocenters. The van der Waals surface area contributed by atoms with Gasteiger partial charge in [0.15, 0.2) is 5.76 Å². The molecule has 1 N–H and O–H groups in total. The molecule has 1 fully saturated rings. The predicted molar refractivity (Wildman–Crippen MR) is 110 cm³/mol. The highest BCUT2D eigenvalue weighted by atomic mass is 35.5. The Bertz CT molecular complexity index is 955. The van der Waals surface area contributed by atoms with Crippen LogP contribution in [-0.2, 0) is 6.54 Å². The lowest BCUT2D eigenvalue weighted by molar-refractivity contribution is 0.361. The molecule has 1 saturated heterocycles. The van der Waals surface area contributed by atoms with Crippen LogP contribution in [0.15, 0.2) is 45.7 Å². The zero-order valence-electron chi connectivity index (χ0n) is 16.2. The van der Waals surface area contributed by atoms with Gasteiger partial charge >= 0.3 is 5.69 Å². The van der Waals surface area contributed by atoms with Gasteiger partial charge in [0.2, 0.25) is 0 Å². The lowest BCUT2D eigenvalue weighted by Gasteiger charge is -2.22. The summed E-state index contributed by atoms with van der Waals surface area (Å²) in [5.74, 6) is 1.95. The molecule has 0 aliphatic carbocycles. The Morgan fingerprint density at radius 1 is 1.29 bits per heavy atom. The van der Waals surface area contributed by atoms with Gasteiger partial charge < -0.3 is 9.84 Å². The first-order chi connectivity index (χ1) is 13.1. The number of nitrogens with one attached hydrogen (secondary N) is 1. The molecule has 28 heavy (non-hydrogen) atoms. The van der Waals surface area contributed by atoms with Crippen molar-refractivity contribution in [2.24, 2.45) is 0 Å². The summed E-state index contributed by atoms with van der Waals surface area (Å²) in [6.45, 7) is 6.26. The number of piperidine rings is 1. The van der Waals surface area contributed by atoms with E-state index in [2.05, 4.69) is 24.3 Å². The smallest absolute Gasteiger partial charge is 0.351 e. The van der Waals surface area contributed by atoms with Crippen molar-refractivity contribution in [2.45, 2.75) is 45.1 Å². The fourth-order valence-electron chi connectivity index (χ4n) is 3.51. The van der Waals surface area contributed by atoms with Crippen LogP contribution in [0.25, 0.3) is 5.69 Å². The Labute approximate surface area is 170 Å². The van der Waals surface area contributed by atoms with E-state index in [1.807, 2.05) is 36.4 Å². The van der Waals surface area contributed by atoms with Crippen molar-refractivity contribution in [3.63, 3.8) is 0 Å². The highest BCUT2D eigenvalue weighted by Gasteiger charge is 2.25. The minimum Gasteiger partial charge on any atom is -0.359 e. The van der Waals surface area contributed by atoms with Gasteiger partial charge in [-0.05, 0) is 37.4 Å². The van der Waals surface area contributed by atoms with Gasteiger partial charge in [0.05, 0.1) is 11.4 Å². The second kappa shape index (κ2) is 8.75. The van der Waals surface area contributed by atoms with Gasteiger partial charge in [0.25, 0.3) is 0 Å². The fraction of sp³-hybridized carbons (Fsp3) is 0.450. The zero-order valence-corrected chi connectivity index (χ0v) is 17.0. The standard InChI is InChI=1S/C20H25N5O2.ClH/c1-14(2)18-11-17(27-23-18)13-24-20(26)25(16-8-4-3-5-9-16)19(22-24)15-7-6-10-21-12-15;/h3-5,8-9,11,14-15,21H,6-7,10,12-13H2,1-2H3;1H. The number of rotatable bonds is 5. The minimum absolute atomic E-state index is 0. The summed E-state index contributed by atoms with van der Waals surface area (Å²) in [7, 11) is 0. The van der Waals surface area contributed by atoms with Crippen LogP contribution in [0.5, 0.6) is 0 Å². The van der Waals surface area contributed by atoms with Gasteiger partial charge in [0, 0.05) is 18.5 Å². The molecule has 2 aromatic heterocycles. The van der Waals surface area contributed by atoms with E-state index in [-0.39, 0.29) is 36.5 Å². The molecule has 150 valence electrons. The molecule has 1 aliphatic heterocycles. The molecule has 0 bridgehead atoms. The summed E-state index contributed by atoms with van der Waals surface area (Å²) in [6.07, 6.45) is 2.11. The van der Waals surface area contributed by atoms with Crippen molar-refractivity contribution in [1.82, 2.24) is 24.8 Å².